The summed E-state index contributed by atoms with van der Waals surface area (Å²) in [6.45, 7) is 2.26. The second kappa shape index (κ2) is 6.53. The molecule has 1 heterocycles. The summed E-state index contributed by atoms with van der Waals surface area (Å²) < 4.78 is 2.29. The molecule has 0 spiro atoms. The molecule has 0 atom stereocenters. The Morgan fingerprint density at radius 3 is 2.52 bits per heavy atom. The lowest BCUT2D eigenvalue weighted by atomic mass is 10.0. The highest BCUT2D eigenvalue weighted by Gasteiger charge is 2.10. The fraction of sp³-hybridized carbons (Fsp3) is 0.333. The zero-order valence-corrected chi connectivity index (χ0v) is 15.4. The lowest BCUT2D eigenvalue weighted by Gasteiger charge is -2.05. The van der Waals surface area contributed by atoms with Gasteiger partial charge in [0.2, 0.25) is 0 Å². The summed E-state index contributed by atoms with van der Waals surface area (Å²) in [6.07, 6.45) is 6.34. The maximum absolute atomic E-state index is 3.67. The van der Waals surface area contributed by atoms with Gasteiger partial charge in [0.1, 0.15) is 0 Å². The average Bonchev–Trinajstić information content (AvgIpc) is 2.81. The first kappa shape index (κ1) is 15.1. The number of benzene rings is 2. The molecule has 0 aliphatic rings. The first-order valence-corrected chi connectivity index (χ1v) is 9.17. The zero-order valence-electron chi connectivity index (χ0n) is 12.2. The number of aromatic nitrogens is 1. The zero-order chi connectivity index (χ0) is 14.8. The Bertz CT molecular complexity index is 774. The van der Waals surface area contributed by atoms with Crippen molar-refractivity contribution in [3.05, 3.63) is 44.8 Å². The molecule has 2 aromatic carbocycles. The standard InChI is InChI=1S/C18H19Br2N/c1-2-3-4-5-6-12-9-14(20)11-16-15-10-13(19)7-8-17(15)21-18(12)16/h7-11,21H,2-6H2,1H3. The van der Waals surface area contributed by atoms with Crippen LogP contribution in [0.2, 0.25) is 0 Å². The van der Waals surface area contributed by atoms with Gasteiger partial charge in [0, 0.05) is 30.8 Å². The summed E-state index contributed by atoms with van der Waals surface area (Å²) in [7, 11) is 0. The van der Waals surface area contributed by atoms with Gasteiger partial charge in [-0.2, -0.15) is 0 Å². The Kier molecular flexibility index (Phi) is 4.70. The number of H-pyrrole nitrogens is 1. The number of nitrogens with one attached hydrogen (secondary N) is 1. The van der Waals surface area contributed by atoms with E-state index in [0.717, 1.165) is 10.9 Å². The van der Waals surface area contributed by atoms with Gasteiger partial charge in [-0.25, -0.2) is 0 Å². The molecule has 0 unspecified atom stereocenters. The van der Waals surface area contributed by atoms with Crippen molar-refractivity contribution in [3.63, 3.8) is 0 Å². The highest BCUT2D eigenvalue weighted by Crippen LogP contribution is 2.33. The minimum absolute atomic E-state index is 1.13. The molecule has 0 fully saturated rings. The summed E-state index contributed by atoms with van der Waals surface area (Å²) in [4.78, 5) is 3.60. The van der Waals surface area contributed by atoms with E-state index in [-0.39, 0.29) is 0 Å². The predicted molar refractivity (Wildman–Crippen MR) is 99.1 cm³/mol. The molecular formula is C18H19Br2N. The number of aryl methyl sites for hydroxylation is 1. The molecule has 0 saturated heterocycles. The minimum Gasteiger partial charge on any atom is -0.354 e. The van der Waals surface area contributed by atoms with Crippen molar-refractivity contribution in [2.75, 3.05) is 0 Å². The molecule has 3 rings (SSSR count). The SMILES string of the molecule is CCCCCCc1cc(Br)cc2c1[nH]c1ccc(Br)cc12. The highest BCUT2D eigenvalue weighted by atomic mass is 79.9. The van der Waals surface area contributed by atoms with Crippen LogP contribution in [0.3, 0.4) is 0 Å². The summed E-state index contributed by atoms with van der Waals surface area (Å²) in [6, 6.07) is 10.9. The van der Waals surface area contributed by atoms with Crippen LogP contribution in [-0.4, -0.2) is 4.98 Å². The van der Waals surface area contributed by atoms with E-state index in [1.54, 1.807) is 0 Å². The third-order valence-corrected chi connectivity index (χ3v) is 4.97. The molecule has 0 radical (unpaired) electrons. The van der Waals surface area contributed by atoms with Gasteiger partial charge in [-0.05, 0) is 48.7 Å². The van der Waals surface area contributed by atoms with E-state index in [1.807, 2.05) is 0 Å². The average molecular weight is 409 g/mol. The monoisotopic (exact) mass is 407 g/mol. The molecule has 0 aliphatic carbocycles. The Hall–Kier alpha value is -0.800. The van der Waals surface area contributed by atoms with Crippen molar-refractivity contribution in [1.82, 2.24) is 4.98 Å². The highest BCUT2D eigenvalue weighted by molar-refractivity contribution is 9.10. The minimum atomic E-state index is 1.13. The molecule has 0 saturated carbocycles. The van der Waals surface area contributed by atoms with Gasteiger partial charge in [0.25, 0.3) is 0 Å². The topological polar surface area (TPSA) is 15.8 Å². The first-order chi connectivity index (χ1) is 10.2. The molecule has 0 bridgehead atoms. The molecule has 110 valence electrons. The van der Waals surface area contributed by atoms with Crippen LogP contribution in [-0.2, 0) is 6.42 Å². The van der Waals surface area contributed by atoms with Crippen LogP contribution in [0, 0.1) is 0 Å². The van der Waals surface area contributed by atoms with Crippen LogP contribution in [0.4, 0.5) is 0 Å². The van der Waals surface area contributed by atoms with Crippen molar-refractivity contribution in [3.8, 4) is 0 Å². The van der Waals surface area contributed by atoms with Gasteiger partial charge < -0.3 is 4.98 Å². The van der Waals surface area contributed by atoms with E-state index in [1.165, 1.54) is 57.5 Å². The van der Waals surface area contributed by atoms with E-state index in [9.17, 15) is 0 Å². The Labute approximate surface area is 142 Å². The Morgan fingerprint density at radius 1 is 0.905 bits per heavy atom. The molecule has 1 N–H and O–H groups in total. The smallest absolute Gasteiger partial charge is 0.0498 e. The number of rotatable bonds is 5. The van der Waals surface area contributed by atoms with Crippen LogP contribution in [0.1, 0.15) is 38.2 Å². The van der Waals surface area contributed by atoms with Crippen molar-refractivity contribution in [2.24, 2.45) is 0 Å². The maximum Gasteiger partial charge on any atom is 0.0498 e. The largest absolute Gasteiger partial charge is 0.354 e. The number of unbranched alkanes of at least 4 members (excludes halogenated alkanes) is 3. The van der Waals surface area contributed by atoms with Crippen molar-refractivity contribution >= 4 is 53.7 Å². The van der Waals surface area contributed by atoms with Crippen LogP contribution in [0.25, 0.3) is 21.8 Å². The number of aromatic amines is 1. The Balaban J connectivity index is 2.05. The fourth-order valence-corrected chi connectivity index (χ4v) is 3.81. The molecular weight excluding hydrogens is 390 g/mol. The van der Waals surface area contributed by atoms with E-state index >= 15 is 0 Å². The molecule has 0 aliphatic heterocycles. The van der Waals surface area contributed by atoms with Crippen LogP contribution in [0.5, 0.6) is 0 Å². The summed E-state index contributed by atoms with van der Waals surface area (Å²) >= 11 is 7.24. The second-order valence-electron chi connectivity index (χ2n) is 5.61. The molecule has 3 heteroatoms. The number of hydrogen-bond acceptors (Lipinski definition) is 0. The van der Waals surface area contributed by atoms with Crippen LogP contribution >= 0.6 is 31.9 Å². The lowest BCUT2D eigenvalue weighted by Crippen LogP contribution is -1.88. The maximum atomic E-state index is 3.67. The third-order valence-electron chi connectivity index (χ3n) is 4.02. The molecule has 3 aromatic rings. The van der Waals surface area contributed by atoms with E-state index < -0.39 is 0 Å². The summed E-state index contributed by atoms with van der Waals surface area (Å²) in [5.74, 6) is 0. The molecule has 1 nitrogen and oxygen atoms in total. The molecule has 1 aromatic heterocycles. The molecule has 0 amide bonds. The van der Waals surface area contributed by atoms with Gasteiger partial charge in [0.15, 0.2) is 0 Å². The van der Waals surface area contributed by atoms with Crippen molar-refractivity contribution in [2.45, 2.75) is 39.0 Å². The quantitative estimate of drug-likeness (QED) is 0.438. The predicted octanol–water partition coefficient (Wildman–Crippen LogP) is 6.97. The summed E-state index contributed by atoms with van der Waals surface area (Å²) in [5.41, 5.74) is 3.92. The number of halogens is 2. The first-order valence-electron chi connectivity index (χ1n) is 7.58. The van der Waals surface area contributed by atoms with Gasteiger partial charge >= 0.3 is 0 Å². The lowest BCUT2D eigenvalue weighted by molar-refractivity contribution is 0.668. The van der Waals surface area contributed by atoms with Crippen LogP contribution in [0.15, 0.2) is 39.3 Å². The van der Waals surface area contributed by atoms with E-state index in [2.05, 4.69) is 74.1 Å². The van der Waals surface area contributed by atoms with Gasteiger partial charge in [0.05, 0.1) is 0 Å². The third kappa shape index (κ3) is 3.19. The number of fused-ring (bicyclic) bond motifs is 3. The summed E-state index contributed by atoms with van der Waals surface area (Å²) in [5, 5.41) is 2.60. The van der Waals surface area contributed by atoms with Crippen LogP contribution < -0.4 is 0 Å². The van der Waals surface area contributed by atoms with Crippen molar-refractivity contribution in [1.29, 1.82) is 0 Å². The molecule has 21 heavy (non-hydrogen) atoms. The van der Waals surface area contributed by atoms with E-state index in [4.69, 9.17) is 0 Å². The normalized spacial score (nSPS) is 11.6. The fourth-order valence-electron chi connectivity index (χ4n) is 2.95. The Morgan fingerprint density at radius 2 is 1.71 bits per heavy atom. The van der Waals surface area contributed by atoms with Crippen molar-refractivity contribution < 1.29 is 0 Å². The van der Waals surface area contributed by atoms with Gasteiger partial charge in [-0.1, -0.05) is 58.0 Å². The van der Waals surface area contributed by atoms with Gasteiger partial charge in [-0.3, -0.25) is 0 Å². The van der Waals surface area contributed by atoms with E-state index in [0.29, 0.717) is 0 Å². The second-order valence-corrected chi connectivity index (χ2v) is 7.44. The van der Waals surface area contributed by atoms with Gasteiger partial charge in [-0.15, -0.1) is 0 Å². The number of hydrogen-bond donors (Lipinski definition) is 1.